The fourth-order valence-electron chi connectivity index (χ4n) is 4.16. The molecule has 0 unspecified atom stereocenters. The zero-order valence-electron chi connectivity index (χ0n) is 20.9. The van der Waals surface area contributed by atoms with Crippen molar-refractivity contribution in [1.29, 1.82) is 0 Å². The topological polar surface area (TPSA) is 107 Å². The summed E-state index contributed by atoms with van der Waals surface area (Å²) in [7, 11) is 1.28. The van der Waals surface area contributed by atoms with Crippen LogP contribution < -0.4 is 21.1 Å². The summed E-state index contributed by atoms with van der Waals surface area (Å²) in [5.41, 5.74) is 8.60. The summed E-state index contributed by atoms with van der Waals surface area (Å²) < 4.78 is 35.5. The van der Waals surface area contributed by atoms with Gasteiger partial charge in [0.15, 0.2) is 23.0 Å². The number of methoxy groups -OCH3 is 1. The predicted octanol–water partition coefficient (Wildman–Crippen LogP) is 4.85. The molecule has 0 saturated heterocycles. The standard InChI is InChI=1S/C27H30F2N6O2/c1-3-17-15-18(7-8-19(17)27(36)32-12-6-4-5-11-30)34-25-26-33-16-21(35(26)14-13-31-25)20-9-10-22(37-2)24(29)23(20)28/h7-10,13-16H,3-6,11-12,30H2,1-2H3,(H,31,34)(H,32,36). The Bertz CT molecular complexity index is 1410. The highest BCUT2D eigenvalue weighted by atomic mass is 19.2. The number of unbranched alkanes of at least 4 members (excludes halogenated alkanes) is 2. The molecule has 0 atom stereocenters. The van der Waals surface area contributed by atoms with Gasteiger partial charge in [-0.2, -0.15) is 4.39 Å². The van der Waals surface area contributed by atoms with Gasteiger partial charge in [-0.3, -0.25) is 9.20 Å². The molecule has 10 heteroatoms. The lowest BCUT2D eigenvalue weighted by atomic mass is 10.0. The number of hydrogen-bond donors (Lipinski definition) is 3. The number of amides is 1. The number of aryl methyl sites for hydroxylation is 1. The van der Waals surface area contributed by atoms with E-state index in [1.165, 1.54) is 25.4 Å². The van der Waals surface area contributed by atoms with Crippen molar-refractivity contribution in [2.75, 3.05) is 25.5 Å². The number of carbonyl (C=O) groups is 1. The number of benzene rings is 2. The molecule has 0 spiro atoms. The molecule has 4 aromatic rings. The summed E-state index contributed by atoms with van der Waals surface area (Å²) in [6.07, 6.45) is 8.12. The second-order valence-corrected chi connectivity index (χ2v) is 8.51. The summed E-state index contributed by atoms with van der Waals surface area (Å²) in [4.78, 5) is 21.5. The van der Waals surface area contributed by atoms with Gasteiger partial charge in [0.1, 0.15) is 0 Å². The Hall–Kier alpha value is -4.05. The first kappa shape index (κ1) is 26.0. The highest BCUT2D eigenvalue weighted by molar-refractivity contribution is 5.96. The Morgan fingerprint density at radius 1 is 1.11 bits per heavy atom. The van der Waals surface area contributed by atoms with Gasteiger partial charge in [-0.25, -0.2) is 14.4 Å². The van der Waals surface area contributed by atoms with E-state index >= 15 is 0 Å². The van der Waals surface area contributed by atoms with Crippen molar-refractivity contribution >= 4 is 23.1 Å². The Morgan fingerprint density at radius 3 is 2.70 bits per heavy atom. The maximum Gasteiger partial charge on any atom is 0.251 e. The van der Waals surface area contributed by atoms with Crippen molar-refractivity contribution in [2.45, 2.75) is 32.6 Å². The van der Waals surface area contributed by atoms with Gasteiger partial charge in [-0.15, -0.1) is 0 Å². The number of ether oxygens (including phenoxy) is 1. The zero-order chi connectivity index (χ0) is 26.4. The smallest absolute Gasteiger partial charge is 0.251 e. The lowest BCUT2D eigenvalue weighted by molar-refractivity contribution is 0.0952. The molecule has 8 nitrogen and oxygen atoms in total. The molecule has 2 heterocycles. The predicted molar refractivity (Wildman–Crippen MR) is 139 cm³/mol. The van der Waals surface area contributed by atoms with Gasteiger partial charge in [0.05, 0.1) is 19.0 Å². The van der Waals surface area contributed by atoms with Crippen molar-refractivity contribution in [3.8, 4) is 17.0 Å². The van der Waals surface area contributed by atoms with Gasteiger partial charge in [-0.1, -0.05) is 13.3 Å². The van der Waals surface area contributed by atoms with Crippen LogP contribution in [0, 0.1) is 11.6 Å². The molecule has 0 radical (unpaired) electrons. The van der Waals surface area contributed by atoms with Gasteiger partial charge in [0.2, 0.25) is 5.82 Å². The lowest BCUT2D eigenvalue weighted by Gasteiger charge is -2.13. The van der Waals surface area contributed by atoms with E-state index in [-0.39, 0.29) is 17.2 Å². The Kier molecular flexibility index (Phi) is 8.29. The zero-order valence-corrected chi connectivity index (χ0v) is 20.9. The number of nitrogens with zero attached hydrogens (tertiary/aromatic N) is 3. The second kappa shape index (κ2) is 11.8. The van der Waals surface area contributed by atoms with Crippen molar-refractivity contribution in [2.24, 2.45) is 5.73 Å². The minimum Gasteiger partial charge on any atom is -0.494 e. The first-order valence-corrected chi connectivity index (χ1v) is 12.2. The summed E-state index contributed by atoms with van der Waals surface area (Å²) >= 11 is 0. The fraction of sp³-hybridized carbons (Fsp3) is 0.296. The summed E-state index contributed by atoms with van der Waals surface area (Å²) in [6, 6.07) is 8.30. The number of nitrogens with two attached hydrogens (primary N) is 1. The van der Waals surface area contributed by atoms with Crippen LogP contribution in [0.15, 0.2) is 48.9 Å². The fourth-order valence-corrected chi connectivity index (χ4v) is 4.16. The number of rotatable bonds is 11. The third kappa shape index (κ3) is 5.54. The summed E-state index contributed by atoms with van der Waals surface area (Å²) in [5, 5.41) is 6.21. The van der Waals surface area contributed by atoms with E-state index in [0.717, 1.165) is 30.5 Å². The third-order valence-corrected chi connectivity index (χ3v) is 6.13. The van der Waals surface area contributed by atoms with Crippen LogP contribution in [0.2, 0.25) is 0 Å². The first-order chi connectivity index (χ1) is 18.0. The number of fused-ring (bicyclic) bond motifs is 1. The molecule has 0 fully saturated rings. The van der Waals surface area contributed by atoms with E-state index in [9.17, 15) is 13.6 Å². The maximum atomic E-state index is 14.7. The van der Waals surface area contributed by atoms with Crippen LogP contribution >= 0.6 is 0 Å². The minimum absolute atomic E-state index is 0.0506. The molecule has 0 saturated carbocycles. The molecule has 0 aliphatic rings. The van der Waals surface area contributed by atoms with Crippen LogP contribution in [0.1, 0.15) is 42.1 Å². The van der Waals surface area contributed by atoms with Crippen LogP contribution in [0.3, 0.4) is 0 Å². The van der Waals surface area contributed by atoms with Crippen LogP contribution in [0.4, 0.5) is 20.3 Å². The third-order valence-electron chi connectivity index (χ3n) is 6.13. The van der Waals surface area contributed by atoms with E-state index in [1.807, 2.05) is 13.0 Å². The quantitative estimate of drug-likeness (QED) is 0.250. The number of imidazole rings is 1. The van der Waals surface area contributed by atoms with Crippen LogP contribution in [0.25, 0.3) is 16.9 Å². The van der Waals surface area contributed by atoms with Crippen molar-refractivity contribution in [3.63, 3.8) is 0 Å². The van der Waals surface area contributed by atoms with E-state index in [1.54, 1.807) is 28.9 Å². The monoisotopic (exact) mass is 508 g/mol. The molecule has 4 N–H and O–H groups in total. The molecule has 2 aromatic carbocycles. The number of halogens is 2. The van der Waals surface area contributed by atoms with Gasteiger partial charge >= 0.3 is 0 Å². The Balaban J connectivity index is 1.57. The van der Waals surface area contributed by atoms with E-state index in [2.05, 4.69) is 20.6 Å². The SMILES string of the molecule is CCc1cc(Nc2nccn3c(-c4ccc(OC)c(F)c4F)cnc23)ccc1C(=O)NCCCCCN. The van der Waals surface area contributed by atoms with E-state index in [0.29, 0.717) is 42.2 Å². The molecule has 4 rings (SSSR count). The average Bonchev–Trinajstić information content (AvgIpc) is 3.35. The largest absolute Gasteiger partial charge is 0.494 e. The summed E-state index contributed by atoms with van der Waals surface area (Å²) in [5.74, 6) is -1.93. The van der Waals surface area contributed by atoms with E-state index in [4.69, 9.17) is 10.5 Å². The molecule has 0 bridgehead atoms. The van der Waals surface area contributed by atoms with Gasteiger partial charge < -0.3 is 21.1 Å². The number of nitrogens with one attached hydrogen (secondary N) is 2. The van der Waals surface area contributed by atoms with Crippen molar-refractivity contribution < 1.29 is 18.3 Å². The Morgan fingerprint density at radius 2 is 1.95 bits per heavy atom. The molecular weight excluding hydrogens is 478 g/mol. The first-order valence-electron chi connectivity index (χ1n) is 12.2. The molecule has 1 amide bonds. The highest BCUT2D eigenvalue weighted by Gasteiger charge is 2.19. The van der Waals surface area contributed by atoms with Crippen LogP contribution in [-0.4, -0.2) is 40.5 Å². The molecule has 0 aliphatic carbocycles. The van der Waals surface area contributed by atoms with Crippen molar-refractivity contribution in [1.82, 2.24) is 19.7 Å². The van der Waals surface area contributed by atoms with Gasteiger partial charge in [0, 0.05) is 35.8 Å². The maximum absolute atomic E-state index is 14.7. The van der Waals surface area contributed by atoms with E-state index < -0.39 is 11.6 Å². The lowest BCUT2D eigenvalue weighted by Crippen LogP contribution is -2.25. The minimum atomic E-state index is -1.06. The van der Waals surface area contributed by atoms with Gasteiger partial charge in [-0.05, 0) is 61.7 Å². The number of hydrogen-bond acceptors (Lipinski definition) is 6. The molecule has 0 aliphatic heterocycles. The number of carbonyl (C=O) groups excluding carboxylic acids is 1. The molecule has 37 heavy (non-hydrogen) atoms. The second-order valence-electron chi connectivity index (χ2n) is 8.51. The highest BCUT2D eigenvalue weighted by Crippen LogP contribution is 2.31. The molecular formula is C27H30F2N6O2. The molecule has 2 aromatic heterocycles. The van der Waals surface area contributed by atoms with Crippen LogP contribution in [-0.2, 0) is 6.42 Å². The normalized spacial score (nSPS) is 11.1. The number of anilines is 2. The average molecular weight is 509 g/mol. The van der Waals surface area contributed by atoms with Crippen molar-refractivity contribution in [3.05, 3.63) is 71.7 Å². The van der Waals surface area contributed by atoms with Gasteiger partial charge in [0.25, 0.3) is 5.91 Å². The summed E-state index contributed by atoms with van der Waals surface area (Å²) in [6.45, 7) is 3.25. The number of aromatic nitrogens is 3. The molecule has 194 valence electrons. The Labute approximate surface area is 213 Å². The van der Waals surface area contributed by atoms with Crippen LogP contribution in [0.5, 0.6) is 5.75 Å².